The summed E-state index contributed by atoms with van der Waals surface area (Å²) >= 11 is 0. The molecule has 1 atom stereocenters. The van der Waals surface area contributed by atoms with E-state index in [4.69, 9.17) is 10.5 Å². The third-order valence-electron chi connectivity index (χ3n) is 2.23. The fourth-order valence-electron chi connectivity index (χ4n) is 1.44. The summed E-state index contributed by atoms with van der Waals surface area (Å²) < 4.78 is 5.25. The highest BCUT2D eigenvalue weighted by Crippen LogP contribution is 2.25. The molecule has 13 heavy (non-hydrogen) atoms. The average molecular weight is 201 g/mol. The zero-order chi connectivity index (χ0) is 8.44. The number of pyridine rings is 1. The average Bonchev–Trinajstić information content (AvgIpc) is 2.55. The van der Waals surface area contributed by atoms with Crippen molar-refractivity contribution in [3.05, 3.63) is 30.1 Å². The predicted molar refractivity (Wildman–Crippen MR) is 52.8 cm³/mol. The molecule has 2 N–H and O–H groups in total. The van der Waals surface area contributed by atoms with Crippen LogP contribution in [-0.4, -0.2) is 18.2 Å². The maximum absolute atomic E-state index is 6.09. The van der Waals surface area contributed by atoms with Crippen LogP contribution in [0.3, 0.4) is 0 Å². The van der Waals surface area contributed by atoms with Gasteiger partial charge in [0.25, 0.3) is 0 Å². The van der Waals surface area contributed by atoms with Crippen LogP contribution in [0, 0.1) is 0 Å². The van der Waals surface area contributed by atoms with Crippen molar-refractivity contribution in [3.8, 4) is 0 Å². The quantitative estimate of drug-likeness (QED) is 0.738. The molecule has 0 bridgehead atoms. The molecular formula is C9H13ClN2O. The van der Waals surface area contributed by atoms with Crippen LogP contribution in [0.25, 0.3) is 0 Å². The molecule has 1 saturated heterocycles. The summed E-state index contributed by atoms with van der Waals surface area (Å²) in [6.45, 7) is 1.33. The van der Waals surface area contributed by atoms with Crippen molar-refractivity contribution in [2.45, 2.75) is 12.0 Å². The maximum Gasteiger partial charge on any atom is 0.0842 e. The minimum absolute atomic E-state index is 0. The first kappa shape index (κ1) is 10.4. The number of hydrogen-bond acceptors (Lipinski definition) is 3. The summed E-state index contributed by atoms with van der Waals surface area (Å²) in [6, 6.07) is 5.80. The number of hydrogen-bond donors (Lipinski definition) is 1. The van der Waals surface area contributed by atoms with E-state index in [1.54, 1.807) is 6.20 Å². The first-order chi connectivity index (χ1) is 5.81. The van der Waals surface area contributed by atoms with E-state index in [2.05, 4.69) is 4.98 Å². The van der Waals surface area contributed by atoms with E-state index < -0.39 is 0 Å². The third kappa shape index (κ3) is 1.99. The lowest BCUT2D eigenvalue weighted by atomic mass is 9.95. The molecule has 3 nitrogen and oxygen atoms in total. The van der Waals surface area contributed by atoms with Crippen LogP contribution in [0.1, 0.15) is 12.1 Å². The molecule has 1 aliphatic heterocycles. The minimum atomic E-state index is -0.346. The standard InChI is InChI=1S/C9H12N2O.ClH/c10-9(4-6-12-7-9)8-3-1-2-5-11-8;/h1-3,5H,4,6-7,10H2;1H. The van der Waals surface area contributed by atoms with Crippen LogP contribution in [-0.2, 0) is 10.3 Å². The van der Waals surface area contributed by atoms with Crippen LogP contribution in [0.15, 0.2) is 24.4 Å². The van der Waals surface area contributed by atoms with Crippen molar-refractivity contribution in [1.82, 2.24) is 4.98 Å². The number of nitrogens with two attached hydrogens (primary N) is 1. The van der Waals surface area contributed by atoms with Gasteiger partial charge in [0.15, 0.2) is 0 Å². The number of aromatic nitrogens is 1. The highest BCUT2D eigenvalue weighted by molar-refractivity contribution is 5.85. The van der Waals surface area contributed by atoms with Crippen LogP contribution >= 0.6 is 12.4 Å². The lowest BCUT2D eigenvalue weighted by molar-refractivity contribution is 0.177. The van der Waals surface area contributed by atoms with Crippen LogP contribution in [0.4, 0.5) is 0 Å². The molecule has 1 unspecified atom stereocenters. The second-order valence-electron chi connectivity index (χ2n) is 3.17. The Morgan fingerprint density at radius 3 is 2.85 bits per heavy atom. The van der Waals surface area contributed by atoms with E-state index in [9.17, 15) is 0 Å². The number of rotatable bonds is 1. The zero-order valence-electron chi connectivity index (χ0n) is 7.27. The molecule has 1 aromatic heterocycles. The van der Waals surface area contributed by atoms with Crippen molar-refractivity contribution in [1.29, 1.82) is 0 Å². The number of halogens is 1. The summed E-state index contributed by atoms with van der Waals surface area (Å²) in [7, 11) is 0. The van der Waals surface area contributed by atoms with Crippen LogP contribution in [0.5, 0.6) is 0 Å². The van der Waals surface area contributed by atoms with Gasteiger partial charge in [0.2, 0.25) is 0 Å². The molecule has 2 rings (SSSR count). The molecule has 4 heteroatoms. The van der Waals surface area contributed by atoms with Crippen LogP contribution in [0.2, 0.25) is 0 Å². The fraction of sp³-hybridized carbons (Fsp3) is 0.444. The summed E-state index contributed by atoms with van der Waals surface area (Å²) in [4.78, 5) is 4.23. The van der Waals surface area contributed by atoms with Gasteiger partial charge in [-0.25, -0.2) is 0 Å². The Balaban J connectivity index is 0.000000845. The Bertz CT molecular complexity index is 260. The summed E-state index contributed by atoms with van der Waals surface area (Å²) in [5.41, 5.74) is 6.68. The van der Waals surface area contributed by atoms with E-state index in [0.717, 1.165) is 18.7 Å². The zero-order valence-corrected chi connectivity index (χ0v) is 8.09. The Morgan fingerprint density at radius 2 is 2.31 bits per heavy atom. The molecule has 0 amide bonds. The number of ether oxygens (including phenoxy) is 1. The Labute approximate surface area is 83.7 Å². The molecule has 0 radical (unpaired) electrons. The van der Waals surface area contributed by atoms with Crippen molar-refractivity contribution in [2.75, 3.05) is 13.2 Å². The molecule has 0 aromatic carbocycles. The summed E-state index contributed by atoms with van der Waals surface area (Å²) in [5, 5.41) is 0. The van der Waals surface area contributed by atoms with Crippen LogP contribution < -0.4 is 5.73 Å². The Kier molecular flexibility index (Phi) is 3.25. The lowest BCUT2D eigenvalue weighted by Gasteiger charge is -2.20. The second kappa shape index (κ2) is 4.05. The van der Waals surface area contributed by atoms with Crippen molar-refractivity contribution in [3.63, 3.8) is 0 Å². The van der Waals surface area contributed by atoms with E-state index in [0.29, 0.717) is 6.61 Å². The SMILES string of the molecule is Cl.NC1(c2ccccn2)CCOC1. The Morgan fingerprint density at radius 1 is 1.46 bits per heavy atom. The molecular weight excluding hydrogens is 188 g/mol. The topological polar surface area (TPSA) is 48.1 Å². The lowest BCUT2D eigenvalue weighted by Crippen LogP contribution is -2.37. The van der Waals surface area contributed by atoms with E-state index in [1.807, 2.05) is 18.2 Å². The van der Waals surface area contributed by atoms with Gasteiger partial charge < -0.3 is 10.5 Å². The predicted octanol–water partition coefficient (Wildman–Crippen LogP) is 1.08. The maximum atomic E-state index is 6.09. The van der Waals surface area contributed by atoms with E-state index >= 15 is 0 Å². The van der Waals surface area contributed by atoms with E-state index in [-0.39, 0.29) is 17.9 Å². The van der Waals surface area contributed by atoms with Gasteiger partial charge in [-0.05, 0) is 18.6 Å². The molecule has 1 aromatic rings. The molecule has 0 aliphatic carbocycles. The highest BCUT2D eigenvalue weighted by atomic mass is 35.5. The summed E-state index contributed by atoms with van der Waals surface area (Å²) in [5.74, 6) is 0. The van der Waals surface area contributed by atoms with Gasteiger partial charge in [0, 0.05) is 12.8 Å². The fourth-order valence-corrected chi connectivity index (χ4v) is 1.44. The monoisotopic (exact) mass is 200 g/mol. The normalized spacial score (nSPS) is 26.8. The van der Waals surface area contributed by atoms with Crippen molar-refractivity contribution < 1.29 is 4.74 Å². The van der Waals surface area contributed by atoms with E-state index in [1.165, 1.54) is 0 Å². The molecule has 0 spiro atoms. The first-order valence-electron chi connectivity index (χ1n) is 4.09. The smallest absolute Gasteiger partial charge is 0.0842 e. The molecule has 0 saturated carbocycles. The van der Waals surface area contributed by atoms with Crippen molar-refractivity contribution >= 4 is 12.4 Å². The minimum Gasteiger partial charge on any atom is -0.379 e. The van der Waals surface area contributed by atoms with Gasteiger partial charge in [-0.1, -0.05) is 6.07 Å². The first-order valence-corrected chi connectivity index (χ1v) is 4.09. The van der Waals surface area contributed by atoms with Crippen molar-refractivity contribution in [2.24, 2.45) is 5.73 Å². The highest BCUT2D eigenvalue weighted by Gasteiger charge is 2.33. The third-order valence-corrected chi connectivity index (χ3v) is 2.23. The summed E-state index contributed by atoms with van der Waals surface area (Å²) in [6.07, 6.45) is 2.63. The largest absolute Gasteiger partial charge is 0.379 e. The van der Waals surface area contributed by atoms with Gasteiger partial charge in [-0.2, -0.15) is 0 Å². The van der Waals surface area contributed by atoms with Gasteiger partial charge in [0.05, 0.1) is 17.8 Å². The number of nitrogens with zero attached hydrogens (tertiary/aromatic N) is 1. The molecule has 72 valence electrons. The molecule has 2 heterocycles. The van der Waals surface area contributed by atoms with Gasteiger partial charge in [-0.15, -0.1) is 12.4 Å². The van der Waals surface area contributed by atoms with Gasteiger partial charge >= 0.3 is 0 Å². The molecule has 1 aliphatic rings. The molecule has 1 fully saturated rings. The van der Waals surface area contributed by atoms with Gasteiger partial charge in [-0.3, -0.25) is 4.98 Å². The van der Waals surface area contributed by atoms with Gasteiger partial charge in [0.1, 0.15) is 0 Å². The second-order valence-corrected chi connectivity index (χ2v) is 3.17. The Hall–Kier alpha value is -0.640.